The van der Waals surface area contributed by atoms with Gasteiger partial charge in [-0.3, -0.25) is 9.48 Å². The molecule has 2 aromatic heterocycles. The molecular formula is C15H14N4O2. The van der Waals surface area contributed by atoms with Crippen LogP contribution in [0, 0.1) is 0 Å². The summed E-state index contributed by atoms with van der Waals surface area (Å²) < 4.78 is 7.26. The topological polar surface area (TPSA) is 72.1 Å². The van der Waals surface area contributed by atoms with E-state index in [2.05, 4.69) is 15.7 Å². The molecule has 1 saturated heterocycles. The van der Waals surface area contributed by atoms with Gasteiger partial charge < -0.3 is 15.1 Å². The van der Waals surface area contributed by atoms with Crippen LogP contribution in [0.3, 0.4) is 0 Å². The molecule has 1 amide bonds. The van der Waals surface area contributed by atoms with E-state index >= 15 is 0 Å². The van der Waals surface area contributed by atoms with E-state index in [0.717, 1.165) is 18.5 Å². The zero-order valence-corrected chi connectivity index (χ0v) is 11.2. The van der Waals surface area contributed by atoms with E-state index in [9.17, 15) is 4.79 Å². The molecule has 0 bridgehead atoms. The van der Waals surface area contributed by atoms with Gasteiger partial charge in [0.25, 0.3) is 5.91 Å². The number of rotatable bonds is 3. The van der Waals surface area contributed by atoms with E-state index in [1.165, 1.54) is 0 Å². The molecule has 0 saturated carbocycles. The van der Waals surface area contributed by atoms with Crippen molar-refractivity contribution in [3.8, 4) is 0 Å². The molecule has 1 aliphatic rings. The zero-order chi connectivity index (χ0) is 14.2. The van der Waals surface area contributed by atoms with Crippen molar-refractivity contribution in [2.45, 2.75) is 6.04 Å². The number of carbonyl (C=O) groups excluding carboxylic acids is 1. The molecule has 3 aromatic rings. The minimum atomic E-state index is -0.193. The fourth-order valence-electron chi connectivity index (χ4n) is 2.43. The summed E-state index contributed by atoms with van der Waals surface area (Å²) in [6, 6.07) is 7.73. The standard InChI is InChI=1S/C15H14N4O2/c20-15(13-3-1-2-10-4-5-21-14(10)13)18-11-6-17-19(9-11)12-7-16-8-12/h1-6,9,12,16H,7-8H2,(H,18,20). The first kappa shape index (κ1) is 12.2. The smallest absolute Gasteiger partial charge is 0.259 e. The van der Waals surface area contributed by atoms with Crippen molar-refractivity contribution in [2.75, 3.05) is 18.4 Å². The molecule has 0 spiro atoms. The lowest BCUT2D eigenvalue weighted by atomic mass is 10.1. The number of nitrogens with zero attached hydrogens (tertiary/aromatic N) is 2. The first-order valence-corrected chi connectivity index (χ1v) is 6.84. The molecule has 106 valence electrons. The van der Waals surface area contributed by atoms with Gasteiger partial charge in [0.15, 0.2) is 0 Å². The predicted octanol–water partition coefficient (Wildman–Crippen LogP) is 2.03. The maximum absolute atomic E-state index is 12.4. The van der Waals surface area contributed by atoms with Gasteiger partial charge >= 0.3 is 0 Å². The molecule has 0 aliphatic carbocycles. The van der Waals surface area contributed by atoms with Crippen molar-refractivity contribution in [2.24, 2.45) is 0 Å². The van der Waals surface area contributed by atoms with Gasteiger partial charge in [-0.1, -0.05) is 12.1 Å². The lowest BCUT2D eigenvalue weighted by molar-refractivity contribution is 0.102. The molecule has 1 aromatic carbocycles. The fourth-order valence-corrected chi connectivity index (χ4v) is 2.43. The van der Waals surface area contributed by atoms with Gasteiger partial charge in [0, 0.05) is 24.7 Å². The molecule has 1 fully saturated rings. The highest BCUT2D eigenvalue weighted by molar-refractivity contribution is 6.11. The quantitative estimate of drug-likeness (QED) is 0.771. The Morgan fingerprint density at radius 2 is 2.29 bits per heavy atom. The Labute approximate surface area is 120 Å². The summed E-state index contributed by atoms with van der Waals surface area (Å²) in [6.07, 6.45) is 5.10. The molecule has 0 unspecified atom stereocenters. The summed E-state index contributed by atoms with van der Waals surface area (Å²) in [5.74, 6) is -0.193. The number of nitrogens with one attached hydrogen (secondary N) is 2. The van der Waals surface area contributed by atoms with Crippen molar-refractivity contribution >= 4 is 22.6 Å². The third-order valence-corrected chi connectivity index (χ3v) is 3.72. The molecule has 6 nitrogen and oxygen atoms in total. The van der Waals surface area contributed by atoms with Gasteiger partial charge in [0.1, 0.15) is 5.58 Å². The minimum absolute atomic E-state index is 0.193. The third-order valence-electron chi connectivity index (χ3n) is 3.72. The van der Waals surface area contributed by atoms with E-state index in [1.807, 2.05) is 29.1 Å². The van der Waals surface area contributed by atoms with Gasteiger partial charge in [0.05, 0.1) is 29.8 Å². The van der Waals surface area contributed by atoms with Crippen LogP contribution in [-0.2, 0) is 0 Å². The van der Waals surface area contributed by atoms with Crippen LogP contribution in [0.1, 0.15) is 16.4 Å². The highest BCUT2D eigenvalue weighted by Gasteiger charge is 2.20. The minimum Gasteiger partial charge on any atom is -0.464 e. The maximum atomic E-state index is 12.4. The first-order chi connectivity index (χ1) is 10.3. The second-order valence-electron chi connectivity index (χ2n) is 5.12. The number of carbonyl (C=O) groups is 1. The Hall–Kier alpha value is -2.60. The van der Waals surface area contributed by atoms with Gasteiger partial charge in [-0.2, -0.15) is 5.10 Å². The number of amides is 1. The molecular weight excluding hydrogens is 268 g/mol. The SMILES string of the molecule is O=C(Nc1cnn(C2CNC2)c1)c1cccc2ccoc12. The van der Waals surface area contributed by atoms with E-state index in [4.69, 9.17) is 4.42 Å². The van der Waals surface area contributed by atoms with Gasteiger partial charge in [0.2, 0.25) is 0 Å². The average Bonchev–Trinajstić information content (AvgIpc) is 3.05. The van der Waals surface area contributed by atoms with Gasteiger partial charge in [-0.05, 0) is 12.1 Å². The van der Waals surface area contributed by atoms with Crippen molar-refractivity contribution in [1.82, 2.24) is 15.1 Å². The number of fused-ring (bicyclic) bond motifs is 1. The molecule has 3 heterocycles. The Balaban J connectivity index is 1.57. The Morgan fingerprint density at radius 3 is 3.10 bits per heavy atom. The average molecular weight is 282 g/mol. The molecule has 2 N–H and O–H groups in total. The van der Waals surface area contributed by atoms with Crippen LogP contribution in [0.4, 0.5) is 5.69 Å². The van der Waals surface area contributed by atoms with Crippen molar-refractivity contribution in [3.63, 3.8) is 0 Å². The van der Waals surface area contributed by atoms with Crippen molar-refractivity contribution < 1.29 is 9.21 Å². The van der Waals surface area contributed by atoms with Gasteiger partial charge in [-0.25, -0.2) is 0 Å². The summed E-state index contributed by atoms with van der Waals surface area (Å²) in [7, 11) is 0. The summed E-state index contributed by atoms with van der Waals surface area (Å²) >= 11 is 0. The number of benzene rings is 1. The summed E-state index contributed by atoms with van der Waals surface area (Å²) in [5, 5.41) is 11.2. The monoisotopic (exact) mass is 282 g/mol. The molecule has 0 atom stereocenters. The lowest BCUT2D eigenvalue weighted by Crippen LogP contribution is -2.43. The van der Waals surface area contributed by atoms with E-state index in [-0.39, 0.29) is 5.91 Å². The van der Waals surface area contributed by atoms with Crippen LogP contribution in [0.15, 0.2) is 47.3 Å². The van der Waals surface area contributed by atoms with Crippen LogP contribution in [0.5, 0.6) is 0 Å². The number of aromatic nitrogens is 2. The number of anilines is 1. The Bertz CT molecular complexity index is 801. The second kappa shape index (κ2) is 4.75. The Morgan fingerprint density at radius 1 is 1.38 bits per heavy atom. The van der Waals surface area contributed by atoms with Crippen LogP contribution in [-0.4, -0.2) is 28.8 Å². The summed E-state index contributed by atoms with van der Waals surface area (Å²) in [4.78, 5) is 12.4. The number of hydrogen-bond acceptors (Lipinski definition) is 4. The molecule has 6 heteroatoms. The van der Waals surface area contributed by atoms with Crippen molar-refractivity contribution in [3.05, 3.63) is 48.5 Å². The first-order valence-electron chi connectivity index (χ1n) is 6.84. The van der Waals surface area contributed by atoms with Crippen LogP contribution < -0.4 is 10.6 Å². The summed E-state index contributed by atoms with van der Waals surface area (Å²) in [5.41, 5.74) is 1.82. The fraction of sp³-hybridized carbons (Fsp3) is 0.200. The van der Waals surface area contributed by atoms with Crippen molar-refractivity contribution in [1.29, 1.82) is 0 Å². The number of furan rings is 1. The maximum Gasteiger partial charge on any atom is 0.259 e. The number of hydrogen-bond donors (Lipinski definition) is 2. The lowest BCUT2D eigenvalue weighted by Gasteiger charge is -2.27. The van der Waals surface area contributed by atoms with E-state index in [1.54, 1.807) is 18.5 Å². The van der Waals surface area contributed by atoms with Gasteiger partial charge in [-0.15, -0.1) is 0 Å². The zero-order valence-electron chi connectivity index (χ0n) is 11.2. The largest absolute Gasteiger partial charge is 0.464 e. The van der Waals surface area contributed by atoms with E-state index < -0.39 is 0 Å². The van der Waals surface area contributed by atoms with Crippen LogP contribution >= 0.6 is 0 Å². The van der Waals surface area contributed by atoms with Crippen LogP contribution in [0.25, 0.3) is 11.0 Å². The Kier molecular flexibility index (Phi) is 2.75. The molecule has 4 rings (SSSR count). The summed E-state index contributed by atoms with van der Waals surface area (Å²) in [6.45, 7) is 1.83. The van der Waals surface area contributed by atoms with Crippen LogP contribution in [0.2, 0.25) is 0 Å². The molecule has 0 radical (unpaired) electrons. The second-order valence-corrected chi connectivity index (χ2v) is 5.12. The highest BCUT2D eigenvalue weighted by atomic mass is 16.3. The molecule has 1 aliphatic heterocycles. The number of para-hydroxylation sites is 1. The predicted molar refractivity (Wildman–Crippen MR) is 78.3 cm³/mol. The third kappa shape index (κ3) is 2.09. The highest BCUT2D eigenvalue weighted by Crippen LogP contribution is 2.21. The molecule has 21 heavy (non-hydrogen) atoms. The van der Waals surface area contributed by atoms with E-state index in [0.29, 0.717) is 22.9 Å². The normalized spacial score (nSPS) is 15.0.